The standard InChI is InChI=1S/C23H27N5O4/c1-4-16-19(22(30)32-5-2)20(25-14(3)24-16)21(29)27-12-10-15(11-13-27)28-18-9-7-6-8-17(18)26-23(28)31/h6-9,15H,4-5,10-13H2,1-3H3,(H,26,31). The third kappa shape index (κ3) is 3.90. The largest absolute Gasteiger partial charge is 0.462 e. The van der Waals surface area contributed by atoms with Gasteiger partial charge in [-0.3, -0.25) is 9.36 Å². The number of nitrogens with one attached hydrogen (secondary N) is 1. The van der Waals surface area contributed by atoms with E-state index in [0.717, 1.165) is 11.0 Å². The number of ether oxygens (including phenoxy) is 1. The fraction of sp³-hybridized carbons (Fsp3) is 0.435. The Bertz CT molecular complexity index is 1220. The van der Waals surface area contributed by atoms with E-state index in [1.54, 1.807) is 23.3 Å². The van der Waals surface area contributed by atoms with E-state index in [1.807, 2.05) is 31.2 Å². The first-order valence-corrected chi connectivity index (χ1v) is 11.0. The number of para-hydroxylation sites is 2. The maximum atomic E-state index is 13.4. The molecule has 0 atom stereocenters. The Morgan fingerprint density at radius 2 is 1.88 bits per heavy atom. The highest BCUT2D eigenvalue weighted by Gasteiger charge is 2.31. The van der Waals surface area contributed by atoms with Crippen LogP contribution in [0.1, 0.15) is 65.1 Å². The fourth-order valence-corrected chi connectivity index (χ4v) is 4.37. The van der Waals surface area contributed by atoms with E-state index in [0.29, 0.717) is 43.9 Å². The van der Waals surface area contributed by atoms with Gasteiger partial charge in [0.25, 0.3) is 5.91 Å². The number of hydrogen-bond donors (Lipinski definition) is 1. The Labute approximate surface area is 185 Å². The molecule has 1 aliphatic heterocycles. The molecule has 4 rings (SSSR count). The van der Waals surface area contributed by atoms with Gasteiger partial charge in [0, 0.05) is 19.1 Å². The van der Waals surface area contributed by atoms with E-state index >= 15 is 0 Å². The fourth-order valence-electron chi connectivity index (χ4n) is 4.37. The molecule has 9 nitrogen and oxygen atoms in total. The molecule has 1 aliphatic rings. The smallest absolute Gasteiger partial charge is 0.342 e. The molecule has 2 aromatic heterocycles. The van der Waals surface area contributed by atoms with Crippen molar-refractivity contribution in [3.8, 4) is 0 Å². The van der Waals surface area contributed by atoms with Crippen molar-refractivity contribution in [2.45, 2.75) is 46.1 Å². The van der Waals surface area contributed by atoms with E-state index < -0.39 is 5.97 Å². The number of fused-ring (bicyclic) bond motifs is 1. The number of piperidine rings is 1. The van der Waals surface area contributed by atoms with Crippen LogP contribution in [0.5, 0.6) is 0 Å². The van der Waals surface area contributed by atoms with Gasteiger partial charge in [-0.2, -0.15) is 0 Å². The van der Waals surface area contributed by atoms with Crippen LogP contribution in [0.15, 0.2) is 29.1 Å². The average Bonchev–Trinajstić information content (AvgIpc) is 3.13. The zero-order valence-corrected chi connectivity index (χ0v) is 18.6. The number of likely N-dealkylation sites (tertiary alicyclic amines) is 1. The number of H-pyrrole nitrogens is 1. The Morgan fingerprint density at radius 3 is 2.56 bits per heavy atom. The topological polar surface area (TPSA) is 110 Å². The van der Waals surface area contributed by atoms with Gasteiger partial charge < -0.3 is 14.6 Å². The summed E-state index contributed by atoms with van der Waals surface area (Å²) >= 11 is 0. The molecule has 0 unspecified atom stereocenters. The van der Waals surface area contributed by atoms with Crippen molar-refractivity contribution in [2.75, 3.05) is 19.7 Å². The molecule has 1 saturated heterocycles. The maximum Gasteiger partial charge on any atom is 0.342 e. The Kier molecular flexibility index (Phi) is 6.07. The van der Waals surface area contributed by atoms with Gasteiger partial charge in [-0.25, -0.2) is 19.6 Å². The third-order valence-electron chi connectivity index (χ3n) is 5.85. The molecule has 1 N–H and O–H groups in total. The van der Waals surface area contributed by atoms with Crippen LogP contribution in [0, 0.1) is 6.92 Å². The summed E-state index contributed by atoms with van der Waals surface area (Å²) in [5, 5.41) is 0. The van der Waals surface area contributed by atoms with Crippen LogP contribution in [0.2, 0.25) is 0 Å². The summed E-state index contributed by atoms with van der Waals surface area (Å²) in [5.74, 6) is -0.440. The summed E-state index contributed by atoms with van der Waals surface area (Å²) in [5.41, 5.74) is 2.29. The molecule has 1 aromatic carbocycles. The Hall–Kier alpha value is -3.49. The minimum atomic E-state index is -0.576. The molecular formula is C23H27N5O4. The number of aromatic nitrogens is 4. The maximum absolute atomic E-state index is 13.4. The SMILES string of the molecule is CCOC(=O)c1c(CC)nc(C)nc1C(=O)N1CCC(n2c(=O)[nH]c3ccccc32)CC1. The molecule has 1 amide bonds. The van der Waals surface area contributed by atoms with Gasteiger partial charge in [0.1, 0.15) is 17.1 Å². The van der Waals surface area contributed by atoms with Crippen molar-refractivity contribution < 1.29 is 14.3 Å². The number of rotatable bonds is 5. The summed E-state index contributed by atoms with van der Waals surface area (Å²) in [6.45, 7) is 6.43. The van der Waals surface area contributed by atoms with Crippen molar-refractivity contribution in [1.29, 1.82) is 0 Å². The van der Waals surface area contributed by atoms with Crippen LogP contribution in [-0.2, 0) is 11.2 Å². The number of amides is 1. The highest BCUT2D eigenvalue weighted by molar-refractivity contribution is 6.04. The molecule has 0 saturated carbocycles. The van der Waals surface area contributed by atoms with Gasteiger partial charge in [0.05, 0.1) is 23.3 Å². The summed E-state index contributed by atoms with van der Waals surface area (Å²) in [6, 6.07) is 7.59. The van der Waals surface area contributed by atoms with Crippen LogP contribution >= 0.6 is 0 Å². The van der Waals surface area contributed by atoms with E-state index in [4.69, 9.17) is 4.74 Å². The lowest BCUT2D eigenvalue weighted by Gasteiger charge is -2.32. The van der Waals surface area contributed by atoms with Gasteiger partial charge in [-0.05, 0) is 45.2 Å². The molecule has 168 valence electrons. The lowest BCUT2D eigenvalue weighted by atomic mass is 10.0. The predicted molar refractivity (Wildman–Crippen MR) is 119 cm³/mol. The zero-order chi connectivity index (χ0) is 22.8. The average molecular weight is 438 g/mol. The van der Waals surface area contributed by atoms with Crippen LogP contribution in [-0.4, -0.2) is 56.0 Å². The van der Waals surface area contributed by atoms with E-state index in [-0.39, 0.29) is 35.5 Å². The lowest BCUT2D eigenvalue weighted by Crippen LogP contribution is -2.41. The summed E-state index contributed by atoms with van der Waals surface area (Å²) in [6.07, 6.45) is 1.75. The van der Waals surface area contributed by atoms with Crippen LogP contribution in [0.25, 0.3) is 11.0 Å². The van der Waals surface area contributed by atoms with E-state index in [9.17, 15) is 14.4 Å². The monoisotopic (exact) mass is 437 g/mol. The summed E-state index contributed by atoms with van der Waals surface area (Å²) in [4.78, 5) is 51.7. The summed E-state index contributed by atoms with van der Waals surface area (Å²) < 4.78 is 6.96. The number of aromatic amines is 1. The normalized spacial score (nSPS) is 14.7. The van der Waals surface area contributed by atoms with Crippen molar-refractivity contribution >= 4 is 22.9 Å². The van der Waals surface area contributed by atoms with E-state index in [2.05, 4.69) is 15.0 Å². The minimum Gasteiger partial charge on any atom is -0.462 e. The second-order valence-electron chi connectivity index (χ2n) is 7.86. The highest BCUT2D eigenvalue weighted by Crippen LogP contribution is 2.26. The molecule has 9 heteroatoms. The number of carbonyl (C=O) groups is 2. The van der Waals surface area contributed by atoms with Crippen molar-refractivity contribution in [2.24, 2.45) is 0 Å². The molecule has 0 aliphatic carbocycles. The van der Waals surface area contributed by atoms with Crippen LogP contribution in [0.3, 0.4) is 0 Å². The second-order valence-corrected chi connectivity index (χ2v) is 7.86. The molecule has 32 heavy (non-hydrogen) atoms. The summed E-state index contributed by atoms with van der Waals surface area (Å²) in [7, 11) is 0. The third-order valence-corrected chi connectivity index (χ3v) is 5.85. The number of hydrogen-bond acceptors (Lipinski definition) is 6. The minimum absolute atomic E-state index is 0.00874. The predicted octanol–water partition coefficient (Wildman–Crippen LogP) is 2.64. The van der Waals surface area contributed by atoms with Gasteiger partial charge in [-0.1, -0.05) is 19.1 Å². The number of nitrogens with zero attached hydrogens (tertiary/aromatic N) is 4. The number of aryl methyl sites for hydroxylation is 2. The van der Waals surface area contributed by atoms with Gasteiger partial charge in [-0.15, -0.1) is 0 Å². The number of imidazole rings is 1. The first-order valence-electron chi connectivity index (χ1n) is 11.0. The van der Waals surface area contributed by atoms with Crippen molar-refractivity contribution in [1.82, 2.24) is 24.4 Å². The number of carbonyl (C=O) groups excluding carboxylic acids is 2. The Balaban J connectivity index is 1.59. The second kappa shape index (κ2) is 8.94. The van der Waals surface area contributed by atoms with Crippen LogP contribution < -0.4 is 5.69 Å². The van der Waals surface area contributed by atoms with E-state index in [1.165, 1.54) is 0 Å². The Morgan fingerprint density at radius 1 is 1.16 bits per heavy atom. The first kappa shape index (κ1) is 21.7. The van der Waals surface area contributed by atoms with Crippen molar-refractivity contribution in [3.63, 3.8) is 0 Å². The number of esters is 1. The lowest BCUT2D eigenvalue weighted by molar-refractivity contribution is 0.0512. The molecule has 0 spiro atoms. The number of benzene rings is 1. The molecule has 3 aromatic rings. The van der Waals surface area contributed by atoms with Gasteiger partial charge >= 0.3 is 11.7 Å². The molecule has 1 fully saturated rings. The zero-order valence-electron chi connectivity index (χ0n) is 18.6. The van der Waals surface area contributed by atoms with Gasteiger partial charge in [0.15, 0.2) is 0 Å². The molecular weight excluding hydrogens is 410 g/mol. The quantitative estimate of drug-likeness (QED) is 0.615. The first-order chi connectivity index (χ1) is 15.4. The highest BCUT2D eigenvalue weighted by atomic mass is 16.5. The van der Waals surface area contributed by atoms with Gasteiger partial charge in [0.2, 0.25) is 0 Å². The van der Waals surface area contributed by atoms with Crippen LogP contribution in [0.4, 0.5) is 0 Å². The molecule has 0 radical (unpaired) electrons. The molecule has 3 heterocycles. The molecule has 0 bridgehead atoms. The van der Waals surface area contributed by atoms with Crippen molar-refractivity contribution in [3.05, 3.63) is 57.5 Å².